The minimum atomic E-state index is 0.278. The predicted octanol–water partition coefficient (Wildman–Crippen LogP) is 31.1. The molecule has 728 valence electrons. The number of ether oxygens (including phenoxy) is 3. The zero-order valence-electron chi connectivity index (χ0n) is 88.9. The molecule has 0 aromatic rings. The monoisotopic (exact) mass is 1750 g/mol. The molecule has 13 aliphatic rings. The lowest BCUT2D eigenvalue weighted by Crippen LogP contribution is -2.22. The third kappa shape index (κ3) is 367. The first-order valence-electron chi connectivity index (χ1n) is 47.0. The maximum absolute atomic E-state index is 4.76. The van der Waals surface area contributed by atoms with E-state index in [1.54, 1.807) is 48.1 Å². The highest BCUT2D eigenvalue weighted by atomic mass is 32.2. The first-order chi connectivity index (χ1) is 58.5. The molecule has 12 aliphatic heterocycles. The smallest absolute Gasteiger partial charge is 0.257 e. The summed E-state index contributed by atoms with van der Waals surface area (Å²) >= 11 is 5.21. The van der Waals surface area contributed by atoms with E-state index in [0.29, 0.717) is 20.1 Å². The van der Waals surface area contributed by atoms with E-state index in [4.69, 9.17) is 4.74 Å². The number of oxime groups is 2. The highest BCUT2D eigenvalue weighted by molar-refractivity contribution is 8.12. The second-order valence-electron chi connectivity index (χ2n) is 11.8. The Labute approximate surface area is 753 Å². The van der Waals surface area contributed by atoms with Crippen molar-refractivity contribution in [2.24, 2.45) is 50.3 Å². The van der Waals surface area contributed by atoms with Crippen LogP contribution in [-0.4, -0.2) is 133 Å². The van der Waals surface area contributed by atoms with Gasteiger partial charge in [0.1, 0.15) is 19.6 Å². The molecule has 0 spiro atoms. The van der Waals surface area contributed by atoms with Gasteiger partial charge in [0, 0.05) is 62.5 Å². The highest BCUT2D eigenvalue weighted by Gasteiger charge is 1.90. The lowest BCUT2D eigenvalue weighted by Gasteiger charge is -1.80. The standard InChI is InChI=1S/C5H8.C4H7N.C4H6O.C4H6S.C3H6N2.C3H5NO.C3H5NS.2C2H5N3.2C2H4N2O.C2H4N2S.C2H3NO2.26C2H6/c7*1-2-4-5-3-1;1-3-2-5-4-1;1-2-4-5-3-1;1-3-4-2-5-1;1-3-2-5-4-1;1-3-4-2-5-1;1-3-5-2-4-1;26*1-2/h1-2H,3-5H2;1,3,5H,2,4H2;2*1,3H,2,4H2;2,5H,1,3H2;2*2H,1,3H2;1,5H,2H2,(H,3,4);1-2H2,(H,3,4);1,4H,2H2;1H,2H2,(H,3,4);1,4H,2H2;1H,2H2;26*1-2H3. The number of hydroxylamine groups is 1. The van der Waals surface area contributed by atoms with Crippen molar-refractivity contribution < 1.29 is 28.7 Å². The SMILES string of the molecule is C1=CCCC1.C1=CNCC1.C1=COCC1.C1=CSCC1.C1=NCNN1.C1=NCON1.C1=NNCC1.C1=NNCO1.C1=NNCS1.C1=NOCC1.C1=NOCO1.C1=NSCC1.C1CNN=N1.CC.CC.CC.CC.CC.CC.CC.CC.CC.CC.CC.CC.CC.CC.CC.CC.CC.CC.CC.CC.CC.CC.CC.CC.CC.CC. The summed E-state index contributed by atoms with van der Waals surface area (Å²) in [5.41, 5.74) is 20.4. The summed E-state index contributed by atoms with van der Waals surface area (Å²) in [6.07, 6.45) is 36.8. The summed E-state index contributed by atoms with van der Waals surface area (Å²) in [5, 5.41) is 29.8. The molecule has 0 bridgehead atoms. The van der Waals surface area contributed by atoms with Crippen molar-refractivity contribution in [2.45, 2.75) is 418 Å². The molecule has 13 rings (SSSR count). The Bertz CT molecular complexity index is 1000. The Morgan fingerprint density at radius 2 is 0.906 bits per heavy atom. The zero-order chi connectivity index (χ0) is 98.0. The molecule has 1 aliphatic carbocycles. The van der Waals surface area contributed by atoms with Crippen molar-refractivity contribution in [1.29, 1.82) is 0 Å². The zero-order valence-corrected chi connectivity index (χ0v) is 91.4. The Balaban J connectivity index is -0.0000000306. The van der Waals surface area contributed by atoms with Crippen molar-refractivity contribution in [3.8, 4) is 0 Å². The van der Waals surface area contributed by atoms with Crippen molar-refractivity contribution in [2.75, 3.05) is 83.7 Å². The van der Waals surface area contributed by atoms with E-state index in [1.807, 2.05) is 397 Å². The van der Waals surface area contributed by atoms with Gasteiger partial charge >= 0.3 is 0 Å². The fourth-order valence-corrected chi connectivity index (χ4v) is 5.31. The maximum atomic E-state index is 4.76. The number of rotatable bonds is 0. The van der Waals surface area contributed by atoms with Crippen LogP contribution < -0.4 is 43.4 Å². The van der Waals surface area contributed by atoms with Crippen molar-refractivity contribution in [3.63, 3.8) is 0 Å². The van der Waals surface area contributed by atoms with E-state index in [-0.39, 0.29) is 6.79 Å². The lowest BCUT2D eigenvalue weighted by molar-refractivity contribution is 0.0595. The molecule has 8 N–H and O–H groups in total. The molecule has 0 unspecified atom stereocenters. The maximum Gasteiger partial charge on any atom is 0.257 e. The van der Waals surface area contributed by atoms with Crippen molar-refractivity contribution in [3.05, 3.63) is 48.3 Å². The van der Waals surface area contributed by atoms with Crippen molar-refractivity contribution in [1.82, 2.24) is 43.4 Å². The average Bonchev–Trinajstić information content (AvgIpc) is 4.88. The second kappa shape index (κ2) is 374. The summed E-state index contributed by atoms with van der Waals surface area (Å²) in [6.45, 7) is 112. The van der Waals surface area contributed by atoms with Crippen LogP contribution >= 0.6 is 35.5 Å². The summed E-state index contributed by atoms with van der Waals surface area (Å²) in [4.78, 5) is 20.6. The minimum absolute atomic E-state index is 0.278. The highest BCUT2D eigenvalue weighted by Crippen LogP contribution is 2.11. The Kier molecular flexibility index (Phi) is 596. The first-order valence-corrected chi connectivity index (χ1v) is 50.0. The summed E-state index contributed by atoms with van der Waals surface area (Å²) in [7, 11) is 0. The molecule has 27 heteroatoms. The van der Waals surface area contributed by atoms with E-state index in [0.717, 1.165) is 64.5 Å². The second-order valence-corrected chi connectivity index (χ2v) is 14.6. The largest absolute Gasteiger partial charge is 0.501 e. The third-order valence-corrected chi connectivity index (χ3v) is 8.76. The molecule has 24 nitrogen and oxygen atoms in total. The van der Waals surface area contributed by atoms with E-state index >= 15 is 0 Å². The molecular weight excluding hydrogens is 1530 g/mol. The molecule has 0 saturated carbocycles. The molecule has 0 radical (unpaired) electrons. The van der Waals surface area contributed by atoms with Crippen LogP contribution in [0, 0.1) is 0 Å². The van der Waals surface area contributed by atoms with Gasteiger partial charge in [-0.25, -0.2) is 14.8 Å². The van der Waals surface area contributed by atoms with Gasteiger partial charge in [-0.05, 0) is 68.2 Å². The number of hydrazone groups is 3. The first kappa shape index (κ1) is 186. The number of allylic oxidation sites excluding steroid dienone is 3. The Morgan fingerprint density at radius 3 is 1.02 bits per heavy atom. The van der Waals surface area contributed by atoms with E-state index in [1.165, 1.54) is 69.2 Å². The average molecular weight is 1750 g/mol. The van der Waals surface area contributed by atoms with Crippen molar-refractivity contribution >= 4 is 85.1 Å². The molecule has 0 atom stereocenters. The van der Waals surface area contributed by atoms with Crippen LogP contribution in [0.25, 0.3) is 0 Å². The van der Waals surface area contributed by atoms with Gasteiger partial charge in [0.05, 0.1) is 43.7 Å². The molecule has 117 heavy (non-hydrogen) atoms. The fraction of sp³-hybridized carbons (Fsp3) is 0.822. The van der Waals surface area contributed by atoms with Crippen LogP contribution in [0.5, 0.6) is 0 Å². The van der Waals surface area contributed by atoms with E-state index in [2.05, 4.69) is 147 Å². The molecular formula is C90H224N18O6S3. The van der Waals surface area contributed by atoms with Crippen LogP contribution in [0.15, 0.2) is 98.6 Å². The van der Waals surface area contributed by atoms with Crippen LogP contribution in [0.1, 0.15) is 418 Å². The Morgan fingerprint density at radius 1 is 0.368 bits per heavy atom. The van der Waals surface area contributed by atoms with Gasteiger partial charge in [-0.2, -0.15) is 15.3 Å². The number of hydrazine groups is 1. The van der Waals surface area contributed by atoms with Crippen LogP contribution in [-0.2, 0) is 28.7 Å². The van der Waals surface area contributed by atoms with Crippen LogP contribution in [0.2, 0.25) is 0 Å². The quantitative estimate of drug-likeness (QED) is 0.0827. The molecule has 0 amide bonds. The Hall–Kier alpha value is -5.51. The molecule has 0 fully saturated rings. The number of nitrogens with one attached hydrogen (secondary N) is 8. The van der Waals surface area contributed by atoms with E-state index in [9.17, 15) is 0 Å². The fourth-order valence-electron chi connectivity index (χ4n) is 3.73. The summed E-state index contributed by atoms with van der Waals surface area (Å²) in [6, 6.07) is 0. The number of nitrogens with zero attached hydrogens (tertiary/aromatic N) is 10. The number of aliphatic imine (C=N–C) groups is 2. The number of hydrogen-bond donors (Lipinski definition) is 8. The van der Waals surface area contributed by atoms with Crippen LogP contribution in [0.3, 0.4) is 0 Å². The van der Waals surface area contributed by atoms with Gasteiger partial charge < -0.3 is 40.1 Å². The van der Waals surface area contributed by atoms with Gasteiger partial charge in [0.25, 0.3) is 6.79 Å². The van der Waals surface area contributed by atoms with Crippen LogP contribution in [0.4, 0.5) is 0 Å². The van der Waals surface area contributed by atoms with Gasteiger partial charge in [0.15, 0.2) is 19.9 Å². The number of hydrogen-bond acceptors (Lipinski definition) is 27. The van der Waals surface area contributed by atoms with Gasteiger partial charge in [0.2, 0.25) is 6.40 Å². The topological polar surface area (TPSA) is 275 Å². The molecule has 12 heterocycles. The third-order valence-electron chi connectivity index (χ3n) is 6.64. The number of thioether (sulfide) groups is 2. The normalized spacial score (nSPS) is 12.1. The van der Waals surface area contributed by atoms with Gasteiger partial charge in [-0.3, -0.25) is 31.6 Å². The summed E-state index contributed by atoms with van der Waals surface area (Å²) in [5.74, 6) is 3.44. The van der Waals surface area contributed by atoms with Gasteiger partial charge in [-0.15, -0.1) is 16.9 Å². The molecule has 0 aromatic carbocycles. The summed E-state index contributed by atoms with van der Waals surface area (Å²) < 4.78 is 17.6. The predicted molar refractivity (Wildman–Crippen MR) is 564 cm³/mol. The van der Waals surface area contributed by atoms with E-state index < -0.39 is 0 Å². The van der Waals surface area contributed by atoms with Gasteiger partial charge in [-0.1, -0.05) is 412 Å². The molecule has 0 aromatic heterocycles. The lowest BCUT2D eigenvalue weighted by atomic mass is 10.4. The minimum Gasteiger partial charge on any atom is -0.501 e. The molecule has 0 saturated heterocycles.